The Balaban J connectivity index is 2.24. The zero-order valence-corrected chi connectivity index (χ0v) is 9.36. The summed E-state index contributed by atoms with van der Waals surface area (Å²) in [6.07, 6.45) is 1.01. The van der Waals surface area contributed by atoms with Crippen molar-refractivity contribution < 1.29 is 4.74 Å². The molecule has 1 aromatic rings. The van der Waals surface area contributed by atoms with E-state index in [0.717, 1.165) is 30.9 Å². The van der Waals surface area contributed by atoms with Gasteiger partial charge in [0.25, 0.3) is 0 Å². The molecular formula is C12H18N2O. The Hall–Kier alpha value is -1.06. The Kier molecular flexibility index (Phi) is 2.93. The number of rotatable bonds is 3. The van der Waals surface area contributed by atoms with E-state index in [4.69, 9.17) is 10.5 Å². The molecule has 2 N–H and O–H groups in total. The molecule has 0 radical (unpaired) electrons. The average Bonchev–Trinajstić information content (AvgIpc) is 2.63. The number of fused-ring (bicyclic) bond motifs is 1. The standard InChI is InChI=1S/C12H18N2O/c1-14(2)8-11(13)10-5-3-4-9-6-7-15-12(9)10/h3-5,11H,6-8,13H2,1-2H3. The van der Waals surface area contributed by atoms with E-state index in [9.17, 15) is 0 Å². The Morgan fingerprint density at radius 1 is 1.47 bits per heavy atom. The van der Waals surface area contributed by atoms with E-state index in [0.29, 0.717) is 0 Å². The maximum atomic E-state index is 6.15. The number of nitrogens with zero attached hydrogens (tertiary/aromatic N) is 1. The van der Waals surface area contributed by atoms with Crippen LogP contribution in [0, 0.1) is 0 Å². The number of para-hydroxylation sites is 1. The minimum Gasteiger partial charge on any atom is -0.493 e. The summed E-state index contributed by atoms with van der Waals surface area (Å²) in [5.74, 6) is 1.02. The number of hydrogen-bond donors (Lipinski definition) is 1. The van der Waals surface area contributed by atoms with Crippen molar-refractivity contribution in [3.63, 3.8) is 0 Å². The number of nitrogens with two attached hydrogens (primary N) is 1. The molecule has 3 heteroatoms. The van der Waals surface area contributed by atoms with E-state index in [1.54, 1.807) is 0 Å². The fourth-order valence-corrected chi connectivity index (χ4v) is 2.02. The van der Waals surface area contributed by atoms with Crippen LogP contribution in [-0.2, 0) is 6.42 Å². The number of benzene rings is 1. The lowest BCUT2D eigenvalue weighted by molar-refractivity contribution is 0.339. The lowest BCUT2D eigenvalue weighted by Crippen LogP contribution is -2.26. The molecular weight excluding hydrogens is 188 g/mol. The van der Waals surface area contributed by atoms with Crippen molar-refractivity contribution in [3.05, 3.63) is 29.3 Å². The number of hydrogen-bond acceptors (Lipinski definition) is 3. The summed E-state index contributed by atoms with van der Waals surface area (Å²) in [4.78, 5) is 2.10. The quantitative estimate of drug-likeness (QED) is 0.807. The highest BCUT2D eigenvalue weighted by atomic mass is 16.5. The fourth-order valence-electron chi connectivity index (χ4n) is 2.02. The molecule has 0 aliphatic carbocycles. The molecule has 0 saturated heterocycles. The molecule has 1 aliphatic rings. The molecule has 1 aromatic carbocycles. The van der Waals surface area contributed by atoms with Crippen molar-refractivity contribution in [1.82, 2.24) is 4.90 Å². The summed E-state index contributed by atoms with van der Waals surface area (Å²) in [5, 5.41) is 0. The number of ether oxygens (including phenoxy) is 1. The fraction of sp³-hybridized carbons (Fsp3) is 0.500. The summed E-state index contributed by atoms with van der Waals surface area (Å²) >= 11 is 0. The van der Waals surface area contributed by atoms with Gasteiger partial charge in [0.05, 0.1) is 6.61 Å². The molecule has 0 saturated carbocycles. The maximum absolute atomic E-state index is 6.15. The molecule has 0 fully saturated rings. The zero-order chi connectivity index (χ0) is 10.8. The van der Waals surface area contributed by atoms with Crippen molar-refractivity contribution in [2.75, 3.05) is 27.2 Å². The highest BCUT2D eigenvalue weighted by Gasteiger charge is 2.19. The summed E-state index contributed by atoms with van der Waals surface area (Å²) in [6, 6.07) is 6.29. The molecule has 1 heterocycles. The molecule has 0 spiro atoms. The first-order valence-electron chi connectivity index (χ1n) is 5.33. The van der Waals surface area contributed by atoms with Gasteiger partial charge in [-0.1, -0.05) is 18.2 Å². The van der Waals surface area contributed by atoms with Crippen molar-refractivity contribution in [2.24, 2.45) is 5.73 Å². The van der Waals surface area contributed by atoms with Gasteiger partial charge in [0, 0.05) is 24.6 Å². The summed E-state index contributed by atoms with van der Waals surface area (Å²) in [5.41, 5.74) is 8.58. The van der Waals surface area contributed by atoms with Crippen molar-refractivity contribution in [3.8, 4) is 5.75 Å². The maximum Gasteiger partial charge on any atom is 0.127 e. The van der Waals surface area contributed by atoms with Crippen LogP contribution in [0.3, 0.4) is 0 Å². The van der Waals surface area contributed by atoms with Crippen LogP contribution in [0.1, 0.15) is 17.2 Å². The minimum atomic E-state index is 0.0352. The third-order valence-electron chi connectivity index (χ3n) is 2.71. The largest absolute Gasteiger partial charge is 0.493 e. The smallest absolute Gasteiger partial charge is 0.127 e. The second-order valence-corrected chi connectivity index (χ2v) is 4.30. The molecule has 82 valence electrons. The molecule has 1 unspecified atom stereocenters. The second kappa shape index (κ2) is 4.21. The summed E-state index contributed by atoms with van der Waals surface area (Å²) in [6.45, 7) is 1.64. The van der Waals surface area contributed by atoms with E-state index in [1.807, 2.05) is 14.1 Å². The zero-order valence-electron chi connectivity index (χ0n) is 9.36. The van der Waals surface area contributed by atoms with Crippen LogP contribution in [0.2, 0.25) is 0 Å². The van der Waals surface area contributed by atoms with E-state index in [1.165, 1.54) is 5.56 Å². The first kappa shape index (κ1) is 10.5. The van der Waals surface area contributed by atoms with Gasteiger partial charge in [0.2, 0.25) is 0 Å². The van der Waals surface area contributed by atoms with Gasteiger partial charge in [0.1, 0.15) is 5.75 Å². The van der Waals surface area contributed by atoms with Gasteiger partial charge in [-0.2, -0.15) is 0 Å². The average molecular weight is 206 g/mol. The van der Waals surface area contributed by atoms with Gasteiger partial charge in [-0.15, -0.1) is 0 Å². The lowest BCUT2D eigenvalue weighted by atomic mass is 10.0. The van der Waals surface area contributed by atoms with Crippen molar-refractivity contribution >= 4 is 0 Å². The molecule has 1 aliphatic heterocycles. The normalized spacial score (nSPS) is 16.3. The van der Waals surface area contributed by atoms with Crippen LogP contribution in [0.4, 0.5) is 0 Å². The van der Waals surface area contributed by atoms with Gasteiger partial charge in [-0.05, 0) is 19.7 Å². The van der Waals surface area contributed by atoms with Crippen LogP contribution in [-0.4, -0.2) is 32.1 Å². The first-order chi connectivity index (χ1) is 7.18. The molecule has 0 amide bonds. The molecule has 3 nitrogen and oxygen atoms in total. The van der Waals surface area contributed by atoms with E-state index in [2.05, 4.69) is 23.1 Å². The summed E-state index contributed by atoms with van der Waals surface area (Å²) < 4.78 is 5.63. The topological polar surface area (TPSA) is 38.5 Å². The van der Waals surface area contributed by atoms with E-state index < -0.39 is 0 Å². The Labute approximate surface area is 90.8 Å². The predicted octanol–water partition coefficient (Wildman–Crippen LogP) is 1.18. The lowest BCUT2D eigenvalue weighted by Gasteiger charge is -2.19. The Bertz CT molecular complexity index is 349. The SMILES string of the molecule is CN(C)CC(N)c1cccc2c1OCC2. The third kappa shape index (κ3) is 2.13. The summed E-state index contributed by atoms with van der Waals surface area (Å²) in [7, 11) is 4.06. The van der Waals surface area contributed by atoms with Gasteiger partial charge in [-0.3, -0.25) is 0 Å². The first-order valence-corrected chi connectivity index (χ1v) is 5.33. The van der Waals surface area contributed by atoms with Crippen LogP contribution < -0.4 is 10.5 Å². The van der Waals surface area contributed by atoms with Crippen LogP contribution in [0.5, 0.6) is 5.75 Å². The molecule has 0 aromatic heterocycles. The third-order valence-corrected chi connectivity index (χ3v) is 2.71. The van der Waals surface area contributed by atoms with Crippen LogP contribution in [0.25, 0.3) is 0 Å². The van der Waals surface area contributed by atoms with E-state index in [-0.39, 0.29) is 6.04 Å². The molecule has 0 bridgehead atoms. The molecule has 15 heavy (non-hydrogen) atoms. The Morgan fingerprint density at radius 3 is 3.00 bits per heavy atom. The minimum absolute atomic E-state index is 0.0352. The van der Waals surface area contributed by atoms with Crippen LogP contribution in [0.15, 0.2) is 18.2 Å². The predicted molar refractivity (Wildman–Crippen MR) is 61.1 cm³/mol. The monoisotopic (exact) mass is 206 g/mol. The van der Waals surface area contributed by atoms with Crippen LogP contribution >= 0.6 is 0 Å². The second-order valence-electron chi connectivity index (χ2n) is 4.30. The highest BCUT2D eigenvalue weighted by molar-refractivity contribution is 5.45. The molecule has 2 rings (SSSR count). The van der Waals surface area contributed by atoms with Gasteiger partial charge < -0.3 is 15.4 Å². The van der Waals surface area contributed by atoms with Gasteiger partial charge in [-0.25, -0.2) is 0 Å². The molecule has 1 atom stereocenters. The van der Waals surface area contributed by atoms with E-state index >= 15 is 0 Å². The highest BCUT2D eigenvalue weighted by Crippen LogP contribution is 2.32. The van der Waals surface area contributed by atoms with Crippen molar-refractivity contribution in [1.29, 1.82) is 0 Å². The van der Waals surface area contributed by atoms with Gasteiger partial charge in [0.15, 0.2) is 0 Å². The number of likely N-dealkylation sites (N-methyl/N-ethyl adjacent to an activating group) is 1. The Morgan fingerprint density at radius 2 is 2.27 bits per heavy atom. The van der Waals surface area contributed by atoms with Gasteiger partial charge >= 0.3 is 0 Å². The van der Waals surface area contributed by atoms with Crippen molar-refractivity contribution in [2.45, 2.75) is 12.5 Å².